The molecule has 2 aromatic carbocycles. The fraction of sp³-hybridized carbons (Fsp3) is 0.357. The monoisotopic (exact) mass is 573 g/mol. The van der Waals surface area contributed by atoms with E-state index in [2.05, 4.69) is 20.6 Å². The Hall–Kier alpha value is -3.61. The molecule has 0 spiro atoms. The van der Waals surface area contributed by atoms with Gasteiger partial charge in [-0.3, -0.25) is 4.79 Å². The first-order valence-electron chi connectivity index (χ1n) is 12.8. The molecule has 2 atom stereocenters. The van der Waals surface area contributed by atoms with Crippen LogP contribution in [-0.2, 0) is 10.5 Å². The van der Waals surface area contributed by atoms with Crippen LogP contribution < -0.4 is 25.8 Å². The van der Waals surface area contributed by atoms with E-state index in [0.717, 1.165) is 11.8 Å². The molecule has 4 rings (SSSR count). The number of aliphatic hydroxyl groups is 1. The molecule has 9 nitrogen and oxygen atoms in total. The highest BCUT2D eigenvalue weighted by molar-refractivity contribution is 8.14. The van der Waals surface area contributed by atoms with Crippen LogP contribution in [0.3, 0.4) is 0 Å². The number of hydrogen-bond donors (Lipinski definition) is 4. The van der Waals surface area contributed by atoms with Gasteiger partial charge in [-0.25, -0.2) is 18.7 Å². The van der Waals surface area contributed by atoms with Gasteiger partial charge in [0.2, 0.25) is 11.9 Å². The molecule has 1 aliphatic rings. The number of carbonyl (C=O) groups excluding carboxylic acids is 1. The average Bonchev–Trinajstić information content (AvgIpc) is 2.91. The van der Waals surface area contributed by atoms with Crippen LogP contribution in [0.5, 0.6) is 11.5 Å². The van der Waals surface area contributed by atoms with E-state index >= 15 is 0 Å². The minimum Gasteiger partial charge on any atom is -0.494 e. The highest BCUT2D eigenvalue weighted by Gasteiger charge is 2.19. The lowest BCUT2D eigenvalue weighted by atomic mass is 10.1. The molecule has 0 radical (unpaired) electrons. The third-order valence-electron chi connectivity index (χ3n) is 6.19. The number of benzene rings is 2. The second-order valence-corrected chi connectivity index (χ2v) is 11.7. The van der Waals surface area contributed by atoms with E-state index in [9.17, 15) is 18.7 Å². The van der Waals surface area contributed by atoms with Gasteiger partial charge in [0, 0.05) is 29.1 Å². The molecule has 1 aromatic heterocycles. The van der Waals surface area contributed by atoms with Crippen molar-refractivity contribution in [2.45, 2.75) is 38.5 Å². The van der Waals surface area contributed by atoms with E-state index in [-0.39, 0.29) is 35.1 Å². The molecular weight excluding hydrogens is 540 g/mol. The van der Waals surface area contributed by atoms with Crippen molar-refractivity contribution in [1.29, 1.82) is 0 Å². The van der Waals surface area contributed by atoms with E-state index < -0.39 is 34.1 Å². The van der Waals surface area contributed by atoms with Gasteiger partial charge in [0.1, 0.15) is 23.0 Å². The Balaban J connectivity index is 1.66. The molecule has 0 saturated carbocycles. The van der Waals surface area contributed by atoms with Crippen LogP contribution in [0.25, 0.3) is 11.3 Å². The van der Waals surface area contributed by atoms with Crippen molar-refractivity contribution in [3.8, 4) is 22.8 Å². The fourth-order valence-electron chi connectivity index (χ4n) is 3.93. The molecule has 1 amide bonds. The summed E-state index contributed by atoms with van der Waals surface area (Å²) in [6.07, 6.45) is 4.13. The third kappa shape index (κ3) is 7.52. The number of aliphatic hydroxyl groups excluding tert-OH is 1. The molecule has 1 aliphatic heterocycles. The second-order valence-electron chi connectivity index (χ2n) is 9.77. The number of halogens is 2. The van der Waals surface area contributed by atoms with Crippen LogP contribution in [-0.4, -0.2) is 51.7 Å². The number of amides is 1. The Morgan fingerprint density at radius 2 is 1.93 bits per heavy atom. The van der Waals surface area contributed by atoms with E-state index in [1.54, 1.807) is 6.07 Å². The smallest absolute Gasteiger partial charge is 0.243 e. The van der Waals surface area contributed by atoms with Gasteiger partial charge in [0.25, 0.3) is 0 Å². The largest absolute Gasteiger partial charge is 0.494 e. The van der Waals surface area contributed by atoms with Gasteiger partial charge in [-0.2, -0.15) is 0 Å². The summed E-state index contributed by atoms with van der Waals surface area (Å²) in [4.78, 5) is 20.7. The van der Waals surface area contributed by atoms with Crippen molar-refractivity contribution in [2.75, 3.05) is 24.8 Å². The van der Waals surface area contributed by atoms with Gasteiger partial charge in [-0.05, 0) is 54.8 Å². The zero-order chi connectivity index (χ0) is 28.8. The third-order valence-corrected chi connectivity index (χ3v) is 7.72. The van der Waals surface area contributed by atoms with E-state index in [1.807, 2.05) is 32.2 Å². The number of anilines is 2. The van der Waals surface area contributed by atoms with Gasteiger partial charge >= 0.3 is 0 Å². The number of nitrogens with two attached hydrogens (primary N) is 1. The van der Waals surface area contributed by atoms with Crippen LogP contribution in [0.2, 0.25) is 0 Å². The Morgan fingerprint density at radius 3 is 2.67 bits per heavy atom. The Labute approximate surface area is 234 Å². The molecule has 12 heteroatoms. The van der Waals surface area contributed by atoms with Crippen molar-refractivity contribution in [1.82, 2.24) is 15.3 Å². The number of nitrogens with zero attached hydrogens (tertiary/aromatic N) is 2. The quantitative estimate of drug-likeness (QED) is 0.326. The number of nitrogens with one attached hydrogen (secondary N) is 2. The predicted octanol–water partition coefficient (Wildman–Crippen LogP) is 4.86. The zero-order valence-corrected chi connectivity index (χ0v) is 23.4. The van der Waals surface area contributed by atoms with Crippen LogP contribution in [0.4, 0.5) is 20.4 Å². The normalized spacial score (nSPS) is 15.2. The minimum absolute atomic E-state index is 0.0278. The summed E-state index contributed by atoms with van der Waals surface area (Å²) in [6.45, 7) is 4.34. The van der Waals surface area contributed by atoms with Crippen molar-refractivity contribution < 1.29 is 28.2 Å². The first kappa shape index (κ1) is 29.4. The lowest BCUT2D eigenvalue weighted by Crippen LogP contribution is -2.46. The van der Waals surface area contributed by atoms with Crippen LogP contribution in [0.1, 0.15) is 32.3 Å². The Bertz CT molecular complexity index is 1420. The topological polar surface area (TPSA) is 132 Å². The highest BCUT2D eigenvalue weighted by atomic mass is 32.2. The van der Waals surface area contributed by atoms with Gasteiger partial charge in [-0.1, -0.05) is 13.8 Å². The minimum atomic E-state index is -0.741. The molecule has 4 bridgehead atoms. The van der Waals surface area contributed by atoms with E-state index in [4.69, 9.17) is 15.2 Å². The summed E-state index contributed by atoms with van der Waals surface area (Å²) < 4.78 is 40.5. The first-order valence-corrected chi connectivity index (χ1v) is 14.6. The number of ether oxygens (including phenoxy) is 2. The molecule has 0 saturated heterocycles. The molecular formula is C28H33F2N5O4S. The van der Waals surface area contributed by atoms with Gasteiger partial charge in [0.15, 0.2) is 11.0 Å². The van der Waals surface area contributed by atoms with Crippen LogP contribution in [0, 0.1) is 17.6 Å². The average molecular weight is 574 g/mol. The van der Waals surface area contributed by atoms with Crippen molar-refractivity contribution in [3.63, 3.8) is 0 Å². The molecule has 40 heavy (non-hydrogen) atoms. The summed E-state index contributed by atoms with van der Waals surface area (Å²) in [6, 6.07) is 8.59. The maximum atomic E-state index is 14.8. The van der Waals surface area contributed by atoms with Gasteiger partial charge in [0.05, 0.1) is 25.5 Å². The van der Waals surface area contributed by atoms with Gasteiger partial charge < -0.3 is 30.9 Å². The lowest BCUT2D eigenvalue weighted by molar-refractivity contribution is -0.121. The van der Waals surface area contributed by atoms with Crippen LogP contribution >= 0.6 is 10.5 Å². The number of rotatable bonds is 4. The molecule has 5 N–H and O–H groups in total. The molecule has 0 aliphatic carbocycles. The van der Waals surface area contributed by atoms with Crippen molar-refractivity contribution in [3.05, 3.63) is 59.8 Å². The maximum absolute atomic E-state index is 14.8. The van der Waals surface area contributed by atoms with Crippen LogP contribution in [0.15, 0.2) is 42.6 Å². The first-order chi connectivity index (χ1) is 19.1. The van der Waals surface area contributed by atoms with Crippen molar-refractivity contribution >= 4 is 33.2 Å². The SMILES string of the molecule is CC(C)[C@H](N)C(=O)N/C(O)=[S@](\C)Cc1cc2cc(c1)OCCCCOc1cc(F)ccc1-c1nc(ncc1F)N2. The molecule has 0 fully saturated rings. The summed E-state index contributed by atoms with van der Waals surface area (Å²) in [5.41, 5.74) is 7.57. The summed E-state index contributed by atoms with van der Waals surface area (Å²) in [5.74, 6) is -0.418. The number of carbonyl (C=O) groups is 1. The van der Waals surface area contributed by atoms with Crippen molar-refractivity contribution in [2.24, 2.45) is 11.7 Å². The number of aromatic nitrogens is 2. The van der Waals surface area contributed by atoms with E-state index in [1.165, 1.54) is 18.2 Å². The zero-order valence-electron chi connectivity index (χ0n) is 22.5. The van der Waals surface area contributed by atoms with Gasteiger partial charge in [-0.15, -0.1) is 10.5 Å². The Kier molecular flexibility index (Phi) is 9.67. The van der Waals surface area contributed by atoms with E-state index in [0.29, 0.717) is 42.2 Å². The number of fused-ring (bicyclic) bond motifs is 6. The molecule has 3 aromatic rings. The standard InChI is InChI=1S/C28H33F2N5O4S/c1-16(2)24(31)26(36)35-28(37)40(3)15-17-10-19-13-20(11-17)38-8-4-5-9-39-23-12-18(29)6-7-21(23)25-22(30)14-32-27(33-19)34-25/h6-7,10-14,16,24,37H,4-5,8-9,15,31H2,1-3H3,(H,35,36)(H,32,33,34)/t24-,40+/m0/s1. The second kappa shape index (κ2) is 13.2. The summed E-state index contributed by atoms with van der Waals surface area (Å²) >= 11 is 0. The predicted molar refractivity (Wildman–Crippen MR) is 153 cm³/mol. The molecule has 214 valence electrons. The molecule has 0 unspecified atom stereocenters. The Morgan fingerprint density at radius 1 is 1.18 bits per heavy atom. The number of hydrogen-bond acceptors (Lipinski definition) is 7. The summed E-state index contributed by atoms with van der Waals surface area (Å²) in [7, 11) is -0.741. The fourth-order valence-corrected chi connectivity index (χ4v) is 5.01. The lowest BCUT2D eigenvalue weighted by Gasteiger charge is -2.17. The maximum Gasteiger partial charge on any atom is 0.243 e. The molecule has 2 heterocycles. The highest BCUT2D eigenvalue weighted by Crippen LogP contribution is 2.33. The summed E-state index contributed by atoms with van der Waals surface area (Å²) in [5, 5.41) is 16.0.